The van der Waals surface area contributed by atoms with Gasteiger partial charge in [-0.15, -0.1) is 16.4 Å². The van der Waals surface area contributed by atoms with E-state index in [0.29, 0.717) is 21.9 Å². The molecule has 0 saturated heterocycles. The second-order valence-corrected chi connectivity index (χ2v) is 5.92. The zero-order chi connectivity index (χ0) is 18.5. The maximum atomic E-state index is 12.1. The molecule has 9 heteroatoms. The van der Waals surface area contributed by atoms with Gasteiger partial charge in [-0.1, -0.05) is 6.07 Å². The van der Waals surface area contributed by atoms with E-state index in [4.69, 9.17) is 14.2 Å². The van der Waals surface area contributed by atoms with Gasteiger partial charge in [0.1, 0.15) is 10.6 Å². The molecule has 8 nitrogen and oxygen atoms in total. The number of ether oxygens (including phenoxy) is 3. The summed E-state index contributed by atoms with van der Waals surface area (Å²) < 4.78 is 15.6. The van der Waals surface area contributed by atoms with Crippen LogP contribution < -0.4 is 9.47 Å². The topological polar surface area (TPSA) is 103 Å². The van der Waals surface area contributed by atoms with Gasteiger partial charge in [0.05, 0.1) is 13.7 Å². The predicted octanol–water partition coefficient (Wildman–Crippen LogP) is 2.94. The minimum atomic E-state index is -0.580. The Labute approximate surface area is 152 Å². The van der Waals surface area contributed by atoms with Crippen molar-refractivity contribution in [1.29, 1.82) is 0 Å². The van der Waals surface area contributed by atoms with Crippen LogP contribution >= 0.6 is 11.3 Å². The fourth-order valence-electron chi connectivity index (χ4n) is 2.22. The molecule has 0 saturated carbocycles. The Morgan fingerprint density at radius 3 is 2.69 bits per heavy atom. The number of methoxy groups -OCH3 is 1. The summed E-state index contributed by atoms with van der Waals surface area (Å²) in [5, 5.41) is 12.0. The number of hydrogen-bond acceptors (Lipinski definition) is 8. The number of benzene rings is 1. The Hall–Kier alpha value is -3.20. The maximum absolute atomic E-state index is 12.1. The van der Waals surface area contributed by atoms with Gasteiger partial charge in [0.25, 0.3) is 0 Å². The van der Waals surface area contributed by atoms with Crippen LogP contribution in [0.25, 0.3) is 11.3 Å². The van der Waals surface area contributed by atoms with Gasteiger partial charge < -0.3 is 14.2 Å². The SMILES string of the molecule is CCOC(=O)c1n[nH]nc1-c1ccc(OC(=O)c2cccs2)c(OC)c1. The third-order valence-corrected chi connectivity index (χ3v) is 4.23. The highest BCUT2D eigenvalue weighted by Crippen LogP contribution is 2.33. The minimum absolute atomic E-state index is 0.0669. The molecule has 3 rings (SSSR count). The number of thiophene rings is 1. The normalized spacial score (nSPS) is 10.4. The Kier molecular flexibility index (Phi) is 5.28. The first kappa shape index (κ1) is 17.6. The van der Waals surface area contributed by atoms with Gasteiger partial charge >= 0.3 is 11.9 Å². The van der Waals surface area contributed by atoms with Gasteiger partial charge in [-0.3, -0.25) is 0 Å². The lowest BCUT2D eigenvalue weighted by Crippen LogP contribution is -2.08. The van der Waals surface area contributed by atoms with Crippen LogP contribution in [0.5, 0.6) is 11.5 Å². The summed E-state index contributed by atoms with van der Waals surface area (Å²) in [6.45, 7) is 1.93. The van der Waals surface area contributed by atoms with E-state index in [1.807, 2.05) is 0 Å². The number of hydrogen-bond donors (Lipinski definition) is 1. The van der Waals surface area contributed by atoms with Crippen molar-refractivity contribution in [3.05, 3.63) is 46.3 Å². The molecular weight excluding hydrogens is 358 g/mol. The number of nitrogens with zero attached hydrogens (tertiary/aromatic N) is 2. The van der Waals surface area contributed by atoms with Crippen molar-refractivity contribution < 1.29 is 23.8 Å². The third-order valence-electron chi connectivity index (χ3n) is 3.38. The third kappa shape index (κ3) is 3.57. The number of esters is 2. The van der Waals surface area contributed by atoms with Crippen LogP contribution in [0.2, 0.25) is 0 Å². The highest BCUT2D eigenvalue weighted by Gasteiger charge is 2.21. The summed E-state index contributed by atoms with van der Waals surface area (Å²) in [7, 11) is 1.46. The quantitative estimate of drug-likeness (QED) is 0.523. The Morgan fingerprint density at radius 1 is 1.15 bits per heavy atom. The van der Waals surface area contributed by atoms with Gasteiger partial charge in [-0.25, -0.2) is 9.59 Å². The van der Waals surface area contributed by atoms with Gasteiger partial charge in [0.2, 0.25) is 0 Å². The molecule has 0 atom stereocenters. The molecule has 134 valence electrons. The standard InChI is InChI=1S/C17H15N3O5S/c1-3-24-17(22)15-14(18-20-19-15)10-6-7-11(12(9-10)23-2)25-16(21)13-5-4-8-26-13/h4-9H,3H2,1-2H3,(H,18,19,20). The summed E-state index contributed by atoms with van der Waals surface area (Å²) >= 11 is 1.29. The van der Waals surface area contributed by atoms with Crippen molar-refractivity contribution in [2.24, 2.45) is 0 Å². The van der Waals surface area contributed by atoms with Gasteiger partial charge in [-0.05, 0) is 36.6 Å². The lowest BCUT2D eigenvalue weighted by molar-refractivity contribution is 0.0520. The molecule has 2 heterocycles. The molecule has 3 aromatic rings. The van der Waals surface area contributed by atoms with Crippen molar-refractivity contribution in [3.63, 3.8) is 0 Å². The number of H-pyrrole nitrogens is 1. The fraction of sp³-hybridized carbons (Fsp3) is 0.176. The van der Waals surface area contributed by atoms with E-state index >= 15 is 0 Å². The first-order valence-corrected chi connectivity index (χ1v) is 8.54. The summed E-state index contributed by atoms with van der Waals surface area (Å²) in [5.74, 6) is -0.468. The van der Waals surface area contributed by atoms with Crippen molar-refractivity contribution in [2.75, 3.05) is 13.7 Å². The van der Waals surface area contributed by atoms with Gasteiger partial charge in [-0.2, -0.15) is 10.3 Å². The van der Waals surface area contributed by atoms with Crippen LogP contribution in [0.15, 0.2) is 35.7 Å². The second-order valence-electron chi connectivity index (χ2n) is 4.97. The van der Waals surface area contributed by atoms with E-state index in [2.05, 4.69) is 15.4 Å². The van der Waals surface area contributed by atoms with Crippen LogP contribution in [0.4, 0.5) is 0 Å². The molecule has 26 heavy (non-hydrogen) atoms. The van der Waals surface area contributed by atoms with E-state index in [0.717, 1.165) is 0 Å². The Balaban J connectivity index is 1.89. The summed E-state index contributed by atoms with van der Waals surface area (Å²) in [5.41, 5.74) is 0.949. The molecule has 1 N–H and O–H groups in total. The van der Waals surface area contributed by atoms with E-state index in [9.17, 15) is 9.59 Å². The van der Waals surface area contributed by atoms with E-state index < -0.39 is 11.9 Å². The molecule has 0 aliphatic carbocycles. The molecule has 0 unspecified atom stereocenters. The monoisotopic (exact) mass is 373 g/mol. The fourth-order valence-corrected chi connectivity index (χ4v) is 2.82. The van der Waals surface area contributed by atoms with E-state index in [1.165, 1.54) is 18.4 Å². The summed E-state index contributed by atoms with van der Waals surface area (Å²) in [6.07, 6.45) is 0. The van der Waals surface area contributed by atoms with E-state index in [1.54, 1.807) is 42.6 Å². The van der Waals surface area contributed by atoms with Crippen LogP contribution in [-0.2, 0) is 4.74 Å². The summed E-state index contributed by atoms with van der Waals surface area (Å²) in [4.78, 5) is 24.6. The first-order chi connectivity index (χ1) is 12.6. The highest BCUT2D eigenvalue weighted by molar-refractivity contribution is 7.12. The van der Waals surface area contributed by atoms with Crippen LogP contribution in [0.1, 0.15) is 27.1 Å². The molecule has 0 amide bonds. The lowest BCUT2D eigenvalue weighted by atomic mass is 10.1. The number of carbonyl (C=O) groups excluding carboxylic acids is 2. The zero-order valence-electron chi connectivity index (χ0n) is 14.0. The van der Waals surface area contributed by atoms with Crippen LogP contribution in [0, 0.1) is 0 Å². The summed E-state index contributed by atoms with van der Waals surface area (Å²) in [6, 6.07) is 8.28. The largest absolute Gasteiger partial charge is 0.493 e. The average molecular weight is 373 g/mol. The Morgan fingerprint density at radius 2 is 2.00 bits per heavy atom. The van der Waals surface area contributed by atoms with Crippen molar-refractivity contribution in [2.45, 2.75) is 6.92 Å². The molecule has 1 aromatic carbocycles. The number of aromatic amines is 1. The van der Waals surface area contributed by atoms with E-state index in [-0.39, 0.29) is 18.1 Å². The number of carbonyl (C=O) groups is 2. The van der Waals surface area contributed by atoms with Gasteiger partial charge in [0.15, 0.2) is 17.2 Å². The zero-order valence-corrected chi connectivity index (χ0v) is 14.8. The lowest BCUT2D eigenvalue weighted by Gasteiger charge is -2.10. The molecule has 0 spiro atoms. The predicted molar refractivity (Wildman–Crippen MR) is 93.6 cm³/mol. The minimum Gasteiger partial charge on any atom is -0.493 e. The maximum Gasteiger partial charge on any atom is 0.361 e. The average Bonchev–Trinajstić information content (AvgIpc) is 3.34. The molecule has 2 aromatic heterocycles. The molecule has 0 radical (unpaired) electrons. The molecule has 0 aliphatic heterocycles. The number of nitrogens with one attached hydrogen (secondary N) is 1. The van der Waals surface area contributed by atoms with Gasteiger partial charge in [0, 0.05) is 5.56 Å². The van der Waals surface area contributed by atoms with Crippen LogP contribution in [0.3, 0.4) is 0 Å². The molecular formula is C17H15N3O5S. The number of aromatic nitrogens is 3. The first-order valence-electron chi connectivity index (χ1n) is 7.66. The van der Waals surface area contributed by atoms with Crippen molar-refractivity contribution >= 4 is 23.3 Å². The number of rotatable bonds is 6. The molecule has 0 aliphatic rings. The van der Waals surface area contributed by atoms with Crippen molar-refractivity contribution in [3.8, 4) is 22.8 Å². The smallest absolute Gasteiger partial charge is 0.361 e. The highest BCUT2D eigenvalue weighted by atomic mass is 32.1. The molecule has 0 fully saturated rings. The Bertz CT molecular complexity index is 920. The second kappa shape index (κ2) is 7.79. The van der Waals surface area contributed by atoms with Crippen molar-refractivity contribution in [1.82, 2.24) is 15.4 Å². The van der Waals surface area contributed by atoms with Crippen LogP contribution in [-0.4, -0.2) is 41.1 Å². The molecule has 0 bridgehead atoms.